The van der Waals surface area contributed by atoms with Crippen molar-refractivity contribution in [2.75, 3.05) is 39.1 Å². The molecule has 1 heterocycles. The van der Waals surface area contributed by atoms with E-state index in [1.165, 1.54) is 0 Å². The number of amides is 1. The van der Waals surface area contributed by atoms with Gasteiger partial charge in [0.15, 0.2) is 0 Å². The molecule has 6 heteroatoms. The van der Waals surface area contributed by atoms with E-state index in [9.17, 15) is 4.79 Å². The smallest absolute Gasteiger partial charge is 0.232 e. The van der Waals surface area contributed by atoms with E-state index in [0.717, 1.165) is 18.5 Å². The van der Waals surface area contributed by atoms with Gasteiger partial charge in [0.05, 0.1) is 32.2 Å². The van der Waals surface area contributed by atoms with Crippen LogP contribution in [-0.4, -0.2) is 45.1 Å². The van der Waals surface area contributed by atoms with Crippen molar-refractivity contribution in [3.63, 3.8) is 0 Å². The van der Waals surface area contributed by atoms with E-state index in [1.54, 1.807) is 31.4 Å². The van der Waals surface area contributed by atoms with E-state index < -0.39 is 0 Å². The molecule has 0 unspecified atom stereocenters. The van der Waals surface area contributed by atoms with E-state index in [4.69, 9.17) is 14.2 Å². The van der Waals surface area contributed by atoms with E-state index >= 15 is 0 Å². The summed E-state index contributed by atoms with van der Waals surface area (Å²) in [6.45, 7) is 1.17. The first kappa shape index (κ1) is 14.7. The summed E-state index contributed by atoms with van der Waals surface area (Å²) in [4.78, 5) is 18.0. The maximum absolute atomic E-state index is 12.3. The number of nitrogens with zero attached hydrogens (tertiary/aromatic N) is 2. The Labute approximate surface area is 118 Å². The van der Waals surface area contributed by atoms with E-state index in [-0.39, 0.29) is 18.6 Å². The number of methoxy groups -OCH3 is 2. The third-order valence-electron chi connectivity index (χ3n) is 3.09. The summed E-state index contributed by atoms with van der Waals surface area (Å²) >= 11 is 0. The van der Waals surface area contributed by atoms with Crippen molar-refractivity contribution >= 4 is 11.6 Å². The van der Waals surface area contributed by atoms with Crippen molar-refractivity contribution < 1.29 is 19.0 Å². The number of hydrogen-bond donors (Lipinski definition) is 0. The van der Waals surface area contributed by atoms with Gasteiger partial charge in [-0.25, -0.2) is 4.98 Å². The Morgan fingerprint density at radius 1 is 1.35 bits per heavy atom. The molecule has 0 spiro atoms. The normalized spacial score (nSPS) is 14.1. The molecule has 1 saturated carbocycles. The summed E-state index contributed by atoms with van der Waals surface area (Å²) in [7, 11) is 3.17. The largest absolute Gasteiger partial charge is 0.481 e. The number of rotatable bonds is 8. The zero-order valence-corrected chi connectivity index (χ0v) is 11.9. The van der Waals surface area contributed by atoms with Gasteiger partial charge < -0.3 is 14.2 Å². The lowest BCUT2D eigenvalue weighted by Gasteiger charge is -2.22. The molecule has 6 nitrogen and oxygen atoms in total. The van der Waals surface area contributed by atoms with Crippen molar-refractivity contribution in [3.8, 4) is 5.88 Å². The molecule has 1 aliphatic rings. The summed E-state index contributed by atoms with van der Waals surface area (Å²) in [5, 5.41) is 0. The minimum Gasteiger partial charge on any atom is -0.481 e. The number of carbonyl (C=O) groups is 1. The van der Waals surface area contributed by atoms with Crippen molar-refractivity contribution in [2.24, 2.45) is 5.92 Å². The van der Waals surface area contributed by atoms with Crippen LogP contribution in [0.3, 0.4) is 0 Å². The monoisotopic (exact) mass is 280 g/mol. The molecule has 0 N–H and O–H groups in total. The first-order valence-electron chi connectivity index (χ1n) is 6.64. The molecule has 0 aromatic carbocycles. The second-order valence-electron chi connectivity index (χ2n) is 4.63. The molecule has 1 aromatic heterocycles. The topological polar surface area (TPSA) is 60.9 Å². The molecule has 1 amide bonds. The lowest BCUT2D eigenvalue weighted by molar-refractivity contribution is -0.121. The van der Waals surface area contributed by atoms with Gasteiger partial charge in [0.25, 0.3) is 0 Å². The summed E-state index contributed by atoms with van der Waals surface area (Å²) in [5.41, 5.74) is 0.722. The summed E-state index contributed by atoms with van der Waals surface area (Å²) in [5.74, 6) is 0.741. The Morgan fingerprint density at radius 3 is 2.70 bits per heavy atom. The minimum atomic E-state index is 0.0920. The summed E-state index contributed by atoms with van der Waals surface area (Å²) in [6.07, 6.45) is 3.53. The Kier molecular flexibility index (Phi) is 5.31. The molecule has 1 fully saturated rings. The van der Waals surface area contributed by atoms with Gasteiger partial charge in [-0.05, 0) is 18.9 Å². The van der Waals surface area contributed by atoms with E-state index in [0.29, 0.717) is 19.1 Å². The number of carbonyl (C=O) groups excluding carboxylic acids is 1. The highest BCUT2D eigenvalue weighted by Crippen LogP contribution is 2.32. The van der Waals surface area contributed by atoms with Crippen LogP contribution in [0.15, 0.2) is 18.3 Å². The van der Waals surface area contributed by atoms with Crippen LogP contribution in [0.1, 0.15) is 12.8 Å². The average Bonchev–Trinajstić information content (AvgIpc) is 3.32. The van der Waals surface area contributed by atoms with Gasteiger partial charge >= 0.3 is 0 Å². The van der Waals surface area contributed by atoms with Crippen LogP contribution in [0.2, 0.25) is 0 Å². The zero-order chi connectivity index (χ0) is 14.4. The summed E-state index contributed by atoms with van der Waals surface area (Å²) in [6, 6.07) is 3.55. The molecule has 0 atom stereocenters. The highest BCUT2D eigenvalue weighted by molar-refractivity contribution is 5.96. The van der Waals surface area contributed by atoms with Crippen LogP contribution >= 0.6 is 0 Å². The van der Waals surface area contributed by atoms with Gasteiger partial charge in [-0.1, -0.05) is 0 Å². The maximum atomic E-state index is 12.3. The number of hydrogen-bond acceptors (Lipinski definition) is 5. The van der Waals surface area contributed by atoms with Gasteiger partial charge in [0, 0.05) is 19.1 Å². The van der Waals surface area contributed by atoms with Gasteiger partial charge in [-0.15, -0.1) is 0 Å². The fourth-order valence-corrected chi connectivity index (χ4v) is 1.77. The van der Waals surface area contributed by atoms with Gasteiger partial charge in [0.1, 0.15) is 6.73 Å². The predicted molar refractivity (Wildman–Crippen MR) is 73.7 cm³/mol. The van der Waals surface area contributed by atoms with Crippen molar-refractivity contribution in [2.45, 2.75) is 12.8 Å². The lowest BCUT2D eigenvalue weighted by atomic mass is 10.3. The Bertz CT molecular complexity index is 431. The standard InChI is InChI=1S/C14H20N2O4/c1-18-7-8-20-10-16(14(17)11-3-4-11)12-5-6-13(19-2)15-9-12/h5-6,9,11H,3-4,7-8,10H2,1-2H3. The van der Waals surface area contributed by atoms with Gasteiger partial charge in [0.2, 0.25) is 11.8 Å². The minimum absolute atomic E-state index is 0.0920. The first-order valence-corrected chi connectivity index (χ1v) is 6.64. The Morgan fingerprint density at radius 2 is 2.15 bits per heavy atom. The van der Waals surface area contributed by atoms with Crippen LogP contribution in [-0.2, 0) is 14.3 Å². The quantitative estimate of drug-likeness (QED) is 0.533. The number of pyridine rings is 1. The highest BCUT2D eigenvalue weighted by atomic mass is 16.5. The van der Waals surface area contributed by atoms with Crippen molar-refractivity contribution in [1.82, 2.24) is 4.98 Å². The molecular formula is C14H20N2O4. The number of ether oxygens (including phenoxy) is 3. The Hall–Kier alpha value is -1.66. The van der Waals surface area contributed by atoms with Crippen molar-refractivity contribution in [1.29, 1.82) is 0 Å². The fraction of sp³-hybridized carbons (Fsp3) is 0.571. The molecule has 0 aliphatic heterocycles. The van der Waals surface area contributed by atoms with E-state index in [1.807, 2.05) is 6.07 Å². The molecular weight excluding hydrogens is 260 g/mol. The zero-order valence-electron chi connectivity index (χ0n) is 11.9. The second kappa shape index (κ2) is 7.21. The van der Waals surface area contributed by atoms with Crippen LogP contribution in [0.25, 0.3) is 0 Å². The fourth-order valence-electron chi connectivity index (χ4n) is 1.77. The third kappa shape index (κ3) is 3.91. The van der Waals surface area contributed by atoms with Crippen LogP contribution in [0.4, 0.5) is 5.69 Å². The molecule has 2 rings (SSSR count). The second-order valence-corrected chi connectivity index (χ2v) is 4.63. The SMILES string of the molecule is COCCOCN(C(=O)C1CC1)c1ccc(OC)nc1. The first-order chi connectivity index (χ1) is 9.76. The Balaban J connectivity index is 2.01. The number of anilines is 1. The van der Waals surface area contributed by atoms with Crippen LogP contribution < -0.4 is 9.64 Å². The van der Waals surface area contributed by atoms with Crippen LogP contribution in [0, 0.1) is 5.92 Å². The predicted octanol–water partition coefficient (Wildman–Crippen LogP) is 1.45. The third-order valence-corrected chi connectivity index (χ3v) is 3.09. The van der Waals surface area contributed by atoms with Gasteiger partial charge in [-0.3, -0.25) is 9.69 Å². The molecule has 0 bridgehead atoms. The summed E-state index contributed by atoms with van der Waals surface area (Å²) < 4.78 is 15.4. The average molecular weight is 280 g/mol. The molecule has 0 radical (unpaired) electrons. The maximum Gasteiger partial charge on any atom is 0.232 e. The number of aromatic nitrogens is 1. The molecule has 1 aromatic rings. The molecule has 0 saturated heterocycles. The lowest BCUT2D eigenvalue weighted by Crippen LogP contribution is -2.34. The molecule has 110 valence electrons. The molecule has 20 heavy (non-hydrogen) atoms. The van der Waals surface area contributed by atoms with Gasteiger partial charge in [-0.2, -0.15) is 0 Å². The highest BCUT2D eigenvalue weighted by Gasteiger charge is 2.34. The molecule has 1 aliphatic carbocycles. The van der Waals surface area contributed by atoms with Crippen molar-refractivity contribution in [3.05, 3.63) is 18.3 Å². The van der Waals surface area contributed by atoms with E-state index in [2.05, 4.69) is 4.98 Å². The van der Waals surface area contributed by atoms with Crippen LogP contribution in [0.5, 0.6) is 5.88 Å².